The molecular formula is C17H23N3O5S. The maximum Gasteiger partial charge on any atom is 0.246 e. The molecule has 0 saturated heterocycles. The van der Waals surface area contributed by atoms with E-state index in [1.165, 1.54) is 6.92 Å². The molecule has 1 aromatic heterocycles. The highest BCUT2D eigenvalue weighted by Crippen LogP contribution is 2.18. The number of nitrogens with zero attached hydrogens (tertiary/aromatic N) is 1. The third-order valence-electron chi connectivity index (χ3n) is 3.54. The number of carbonyl (C=O) groups is 1. The summed E-state index contributed by atoms with van der Waals surface area (Å²) in [4.78, 5) is 11.8. The summed E-state index contributed by atoms with van der Waals surface area (Å²) in [5.41, 5.74) is 0.303. The van der Waals surface area contributed by atoms with Gasteiger partial charge in [0.1, 0.15) is 16.3 Å². The van der Waals surface area contributed by atoms with E-state index in [0.717, 1.165) is 5.75 Å². The van der Waals surface area contributed by atoms with Crippen LogP contribution in [0.25, 0.3) is 0 Å². The van der Waals surface area contributed by atoms with Gasteiger partial charge in [-0.05, 0) is 32.4 Å². The molecule has 0 saturated carbocycles. The van der Waals surface area contributed by atoms with Crippen LogP contribution in [0, 0.1) is 13.8 Å². The summed E-state index contributed by atoms with van der Waals surface area (Å²) in [5.74, 6) is 0.845. The molecule has 0 fully saturated rings. The van der Waals surface area contributed by atoms with Crippen molar-refractivity contribution in [3.8, 4) is 5.75 Å². The van der Waals surface area contributed by atoms with E-state index >= 15 is 0 Å². The molecule has 0 atom stereocenters. The van der Waals surface area contributed by atoms with Crippen LogP contribution in [-0.4, -0.2) is 39.2 Å². The van der Waals surface area contributed by atoms with Crippen molar-refractivity contribution in [3.63, 3.8) is 0 Å². The molecule has 0 radical (unpaired) electrons. The lowest BCUT2D eigenvalue weighted by atomic mass is 10.3. The first-order valence-electron chi connectivity index (χ1n) is 8.27. The number of benzene rings is 1. The summed E-state index contributed by atoms with van der Waals surface area (Å²) in [6.45, 7) is 3.81. The van der Waals surface area contributed by atoms with Gasteiger partial charge in [0.15, 0.2) is 5.76 Å². The van der Waals surface area contributed by atoms with Crippen molar-refractivity contribution >= 4 is 15.9 Å². The molecule has 2 aromatic rings. The second-order valence-electron chi connectivity index (χ2n) is 5.67. The van der Waals surface area contributed by atoms with Crippen LogP contribution in [-0.2, 0) is 14.8 Å². The van der Waals surface area contributed by atoms with Crippen LogP contribution >= 0.6 is 0 Å². The summed E-state index contributed by atoms with van der Waals surface area (Å²) in [6.07, 6.45) is 0.884. The molecule has 26 heavy (non-hydrogen) atoms. The van der Waals surface area contributed by atoms with Gasteiger partial charge < -0.3 is 14.6 Å². The number of nitrogens with one attached hydrogen (secondary N) is 2. The minimum Gasteiger partial charge on any atom is -0.494 e. The van der Waals surface area contributed by atoms with Crippen molar-refractivity contribution in [2.24, 2.45) is 0 Å². The lowest BCUT2D eigenvalue weighted by Gasteiger charge is -2.08. The van der Waals surface area contributed by atoms with Crippen LogP contribution in [0.4, 0.5) is 0 Å². The number of sulfonamides is 1. The molecule has 0 bridgehead atoms. The second kappa shape index (κ2) is 9.35. The average Bonchev–Trinajstić information content (AvgIpc) is 2.96. The predicted molar refractivity (Wildman–Crippen MR) is 95.3 cm³/mol. The summed E-state index contributed by atoms with van der Waals surface area (Å²) in [5, 5.41) is 6.29. The van der Waals surface area contributed by atoms with Gasteiger partial charge in [0.25, 0.3) is 0 Å². The van der Waals surface area contributed by atoms with E-state index < -0.39 is 10.0 Å². The fourth-order valence-corrected chi connectivity index (χ4v) is 3.70. The molecule has 0 spiro atoms. The van der Waals surface area contributed by atoms with Gasteiger partial charge in [-0.15, -0.1) is 0 Å². The van der Waals surface area contributed by atoms with Gasteiger partial charge in [0, 0.05) is 19.5 Å². The minimum absolute atomic E-state index is 0.0434. The predicted octanol–water partition coefficient (Wildman–Crippen LogP) is 1.55. The minimum atomic E-state index is -3.71. The Morgan fingerprint density at radius 1 is 1.19 bits per heavy atom. The maximum atomic E-state index is 12.2. The average molecular weight is 381 g/mol. The first-order chi connectivity index (χ1) is 12.4. The van der Waals surface area contributed by atoms with Gasteiger partial charge in [-0.25, -0.2) is 13.1 Å². The number of hydrogen-bond acceptors (Lipinski definition) is 6. The van der Waals surface area contributed by atoms with Gasteiger partial charge in [-0.3, -0.25) is 4.79 Å². The van der Waals surface area contributed by atoms with Crippen molar-refractivity contribution in [3.05, 3.63) is 41.8 Å². The van der Waals surface area contributed by atoms with E-state index in [1.807, 2.05) is 30.3 Å². The highest BCUT2D eigenvalue weighted by Gasteiger charge is 2.23. The molecule has 8 nitrogen and oxygen atoms in total. The Labute approximate surface area is 153 Å². The van der Waals surface area contributed by atoms with Crippen molar-refractivity contribution in [2.45, 2.75) is 31.6 Å². The van der Waals surface area contributed by atoms with Crippen LogP contribution in [0.15, 0.2) is 39.8 Å². The fourth-order valence-electron chi connectivity index (χ4n) is 2.35. The van der Waals surface area contributed by atoms with Gasteiger partial charge in [-0.1, -0.05) is 23.4 Å². The third kappa shape index (κ3) is 5.85. The smallest absolute Gasteiger partial charge is 0.246 e. The fraction of sp³-hybridized carbons (Fsp3) is 0.412. The number of carbonyl (C=O) groups excluding carboxylic acids is 1. The number of para-hydroxylation sites is 1. The van der Waals surface area contributed by atoms with Crippen molar-refractivity contribution in [2.75, 3.05) is 19.7 Å². The molecule has 9 heteroatoms. The molecular weight excluding hydrogens is 358 g/mol. The van der Waals surface area contributed by atoms with Gasteiger partial charge in [-0.2, -0.15) is 0 Å². The zero-order valence-electron chi connectivity index (χ0n) is 14.8. The molecule has 1 amide bonds. The summed E-state index contributed by atoms with van der Waals surface area (Å²) < 4.78 is 37.2. The molecule has 0 aliphatic rings. The molecule has 1 heterocycles. The first-order valence-corrected chi connectivity index (χ1v) is 9.75. The zero-order chi connectivity index (χ0) is 19.0. The van der Waals surface area contributed by atoms with Crippen LogP contribution in [0.3, 0.4) is 0 Å². The highest BCUT2D eigenvalue weighted by molar-refractivity contribution is 7.89. The van der Waals surface area contributed by atoms with Crippen molar-refractivity contribution in [1.29, 1.82) is 0 Å². The number of ether oxygens (including phenoxy) is 1. The molecule has 1 aromatic carbocycles. The molecule has 0 aliphatic carbocycles. The largest absolute Gasteiger partial charge is 0.494 e. The Kier molecular flexibility index (Phi) is 7.16. The molecule has 142 valence electrons. The van der Waals surface area contributed by atoms with Crippen molar-refractivity contribution < 1.29 is 22.5 Å². The van der Waals surface area contributed by atoms with Crippen molar-refractivity contribution in [1.82, 2.24) is 15.2 Å². The van der Waals surface area contributed by atoms with E-state index in [4.69, 9.17) is 9.26 Å². The lowest BCUT2D eigenvalue weighted by Crippen LogP contribution is -2.35. The molecule has 0 aliphatic heterocycles. The van der Waals surface area contributed by atoms with E-state index in [-0.39, 0.29) is 29.7 Å². The molecule has 2 rings (SSSR count). The Morgan fingerprint density at radius 2 is 1.92 bits per heavy atom. The van der Waals surface area contributed by atoms with E-state index in [0.29, 0.717) is 25.1 Å². The monoisotopic (exact) mass is 381 g/mol. The molecule has 0 unspecified atom stereocenters. The number of aromatic nitrogens is 1. The van der Waals surface area contributed by atoms with E-state index in [2.05, 4.69) is 15.2 Å². The number of amides is 1. The van der Waals surface area contributed by atoms with E-state index in [9.17, 15) is 13.2 Å². The van der Waals surface area contributed by atoms with Gasteiger partial charge in [0.05, 0.1) is 6.61 Å². The van der Waals surface area contributed by atoms with Crippen LogP contribution in [0.1, 0.15) is 24.3 Å². The first kappa shape index (κ1) is 19.9. The lowest BCUT2D eigenvalue weighted by molar-refractivity contribution is -0.121. The second-order valence-corrected chi connectivity index (χ2v) is 7.37. The van der Waals surface area contributed by atoms with Crippen LogP contribution < -0.4 is 14.8 Å². The standard InChI is InChI=1S/C17H23N3O5S/c1-13-17(14(2)25-20-13)26(22,23)19-11-10-18-16(21)9-6-12-24-15-7-4-3-5-8-15/h3-5,7-8,19H,6,9-12H2,1-2H3,(H,18,21). The zero-order valence-corrected chi connectivity index (χ0v) is 15.6. The summed E-state index contributed by atoms with van der Waals surface area (Å²) in [6, 6.07) is 9.37. The number of aryl methyl sites for hydroxylation is 2. The van der Waals surface area contributed by atoms with Crippen LogP contribution in [0.2, 0.25) is 0 Å². The number of hydrogen-bond donors (Lipinski definition) is 2. The SMILES string of the molecule is Cc1noc(C)c1S(=O)(=O)NCCNC(=O)CCCOc1ccccc1. The Bertz CT molecular complexity index is 799. The summed E-state index contributed by atoms with van der Waals surface area (Å²) in [7, 11) is -3.71. The highest BCUT2D eigenvalue weighted by atomic mass is 32.2. The number of rotatable bonds is 10. The van der Waals surface area contributed by atoms with E-state index in [1.54, 1.807) is 6.92 Å². The maximum absolute atomic E-state index is 12.2. The summed E-state index contributed by atoms with van der Waals surface area (Å²) >= 11 is 0. The Hall–Kier alpha value is -2.39. The normalized spacial score (nSPS) is 11.3. The van der Waals surface area contributed by atoms with Gasteiger partial charge in [0.2, 0.25) is 15.9 Å². The quantitative estimate of drug-likeness (QED) is 0.604. The van der Waals surface area contributed by atoms with Gasteiger partial charge >= 0.3 is 0 Å². The Morgan fingerprint density at radius 3 is 2.58 bits per heavy atom. The third-order valence-corrected chi connectivity index (χ3v) is 5.24. The van der Waals surface area contributed by atoms with Crippen LogP contribution in [0.5, 0.6) is 5.75 Å². The molecule has 2 N–H and O–H groups in total. The topological polar surface area (TPSA) is 111 Å². The Balaban J connectivity index is 1.62.